The summed E-state index contributed by atoms with van der Waals surface area (Å²) in [6.07, 6.45) is 0. The van der Waals surface area contributed by atoms with Crippen molar-refractivity contribution in [3.8, 4) is 5.75 Å². The average Bonchev–Trinajstić information content (AvgIpc) is 2.37. The quantitative estimate of drug-likeness (QED) is 0.577. The summed E-state index contributed by atoms with van der Waals surface area (Å²) < 4.78 is 9.43. The van der Waals surface area contributed by atoms with Crippen molar-refractivity contribution in [3.05, 3.63) is 29.8 Å². The predicted molar refractivity (Wildman–Crippen MR) is 61.5 cm³/mol. The van der Waals surface area contributed by atoms with Crippen molar-refractivity contribution in [2.45, 2.75) is 6.54 Å². The minimum atomic E-state index is -0.865. The fraction of sp³-hybridized carbons (Fsp3) is 0.333. The molecular formula is C12H15NO4. The standard InChI is InChI=1S/C12H15NO4/c1-13(11(14)12(15)17-3)8-9-5-4-6-10(7-9)16-2/h4-7H,8H2,1-3H3. The van der Waals surface area contributed by atoms with E-state index in [9.17, 15) is 9.59 Å². The summed E-state index contributed by atoms with van der Waals surface area (Å²) in [6, 6.07) is 7.29. The number of carbonyl (C=O) groups excluding carboxylic acids is 2. The molecule has 0 unspecified atom stereocenters. The Balaban J connectivity index is 2.70. The van der Waals surface area contributed by atoms with E-state index in [1.165, 1.54) is 12.0 Å². The van der Waals surface area contributed by atoms with Crippen LogP contribution >= 0.6 is 0 Å². The van der Waals surface area contributed by atoms with Gasteiger partial charge >= 0.3 is 11.9 Å². The maximum atomic E-state index is 11.5. The molecule has 0 aromatic heterocycles. The van der Waals surface area contributed by atoms with Crippen LogP contribution in [-0.2, 0) is 20.9 Å². The fourth-order valence-corrected chi connectivity index (χ4v) is 1.36. The zero-order valence-corrected chi connectivity index (χ0v) is 10.1. The molecular weight excluding hydrogens is 222 g/mol. The van der Waals surface area contributed by atoms with E-state index in [2.05, 4.69) is 4.74 Å². The topological polar surface area (TPSA) is 55.8 Å². The number of methoxy groups -OCH3 is 2. The van der Waals surface area contributed by atoms with Crippen LogP contribution in [-0.4, -0.2) is 38.0 Å². The van der Waals surface area contributed by atoms with Crippen LogP contribution in [0.4, 0.5) is 0 Å². The number of hydrogen-bond acceptors (Lipinski definition) is 4. The van der Waals surface area contributed by atoms with Crippen LogP contribution in [0.1, 0.15) is 5.56 Å². The third-order valence-electron chi connectivity index (χ3n) is 2.26. The normalized spacial score (nSPS) is 9.59. The molecule has 0 saturated heterocycles. The van der Waals surface area contributed by atoms with Crippen molar-refractivity contribution in [1.29, 1.82) is 0 Å². The van der Waals surface area contributed by atoms with Gasteiger partial charge in [0.15, 0.2) is 0 Å². The van der Waals surface area contributed by atoms with E-state index in [1.807, 2.05) is 18.2 Å². The lowest BCUT2D eigenvalue weighted by atomic mass is 10.2. The lowest BCUT2D eigenvalue weighted by molar-refractivity contribution is -0.157. The molecule has 5 nitrogen and oxygen atoms in total. The Kier molecular flexibility index (Phi) is 4.51. The smallest absolute Gasteiger partial charge is 0.396 e. The molecule has 5 heteroatoms. The van der Waals surface area contributed by atoms with Gasteiger partial charge in [-0.3, -0.25) is 4.79 Å². The first-order valence-electron chi connectivity index (χ1n) is 5.04. The molecule has 1 aromatic rings. The summed E-state index contributed by atoms with van der Waals surface area (Å²) in [4.78, 5) is 23.8. The van der Waals surface area contributed by atoms with Crippen LogP contribution in [0, 0.1) is 0 Å². The second kappa shape index (κ2) is 5.89. The van der Waals surface area contributed by atoms with Crippen LogP contribution in [0.3, 0.4) is 0 Å². The minimum Gasteiger partial charge on any atom is -0.497 e. The van der Waals surface area contributed by atoms with Crippen molar-refractivity contribution in [1.82, 2.24) is 4.90 Å². The number of nitrogens with zero attached hydrogens (tertiary/aromatic N) is 1. The molecule has 1 rings (SSSR count). The van der Waals surface area contributed by atoms with Gasteiger partial charge in [-0.15, -0.1) is 0 Å². The van der Waals surface area contributed by atoms with Crippen LogP contribution in [0.25, 0.3) is 0 Å². The number of rotatable bonds is 3. The number of carbonyl (C=O) groups is 2. The number of amides is 1. The van der Waals surface area contributed by atoms with Crippen LogP contribution in [0.2, 0.25) is 0 Å². The van der Waals surface area contributed by atoms with Crippen LogP contribution in [0.15, 0.2) is 24.3 Å². The SMILES string of the molecule is COC(=O)C(=O)N(C)Cc1cccc(OC)c1. The van der Waals surface area contributed by atoms with Crippen molar-refractivity contribution >= 4 is 11.9 Å². The van der Waals surface area contributed by atoms with Gasteiger partial charge in [-0.25, -0.2) is 4.79 Å². The first kappa shape index (κ1) is 13.0. The van der Waals surface area contributed by atoms with Gasteiger partial charge in [0.25, 0.3) is 0 Å². The summed E-state index contributed by atoms with van der Waals surface area (Å²) in [5, 5.41) is 0. The van der Waals surface area contributed by atoms with Gasteiger partial charge in [0.1, 0.15) is 5.75 Å². The molecule has 0 N–H and O–H groups in total. The Labute approximate surface area is 99.9 Å². The molecule has 0 spiro atoms. The molecule has 0 aliphatic carbocycles. The van der Waals surface area contributed by atoms with Crippen molar-refractivity contribution in [2.75, 3.05) is 21.3 Å². The number of esters is 1. The van der Waals surface area contributed by atoms with Gasteiger partial charge in [-0.1, -0.05) is 12.1 Å². The molecule has 92 valence electrons. The second-order valence-electron chi connectivity index (χ2n) is 3.50. The van der Waals surface area contributed by atoms with E-state index in [1.54, 1.807) is 20.2 Å². The molecule has 0 aliphatic heterocycles. The molecule has 0 fully saturated rings. The van der Waals surface area contributed by atoms with Gasteiger partial charge in [-0.2, -0.15) is 0 Å². The lowest BCUT2D eigenvalue weighted by Crippen LogP contribution is -2.33. The highest BCUT2D eigenvalue weighted by Crippen LogP contribution is 2.13. The highest BCUT2D eigenvalue weighted by Gasteiger charge is 2.19. The first-order chi connectivity index (χ1) is 8.08. The summed E-state index contributed by atoms with van der Waals surface area (Å²) in [5.74, 6) is -0.827. The zero-order chi connectivity index (χ0) is 12.8. The van der Waals surface area contributed by atoms with Gasteiger partial charge < -0.3 is 14.4 Å². The molecule has 0 saturated carbocycles. The number of ether oxygens (including phenoxy) is 2. The van der Waals surface area contributed by atoms with Gasteiger partial charge in [0.05, 0.1) is 14.2 Å². The Bertz CT molecular complexity index is 417. The van der Waals surface area contributed by atoms with Crippen LogP contribution in [0.5, 0.6) is 5.75 Å². The Hall–Kier alpha value is -2.04. The van der Waals surface area contributed by atoms with E-state index in [4.69, 9.17) is 4.74 Å². The monoisotopic (exact) mass is 237 g/mol. The minimum absolute atomic E-state index is 0.325. The van der Waals surface area contributed by atoms with Gasteiger partial charge in [0, 0.05) is 13.6 Å². The third kappa shape index (κ3) is 3.48. The van der Waals surface area contributed by atoms with Gasteiger partial charge in [0.2, 0.25) is 0 Å². The molecule has 0 atom stereocenters. The maximum Gasteiger partial charge on any atom is 0.396 e. The van der Waals surface area contributed by atoms with E-state index in [-0.39, 0.29) is 0 Å². The summed E-state index contributed by atoms with van der Waals surface area (Å²) >= 11 is 0. The highest BCUT2D eigenvalue weighted by molar-refractivity contribution is 6.32. The van der Waals surface area contributed by atoms with Crippen molar-refractivity contribution < 1.29 is 19.1 Å². The average molecular weight is 237 g/mol. The molecule has 1 aromatic carbocycles. The Morgan fingerprint density at radius 3 is 2.59 bits per heavy atom. The number of likely N-dealkylation sites (N-methyl/N-ethyl adjacent to an activating group) is 1. The first-order valence-corrected chi connectivity index (χ1v) is 5.04. The molecule has 0 heterocycles. The lowest BCUT2D eigenvalue weighted by Gasteiger charge is -2.15. The summed E-state index contributed by atoms with van der Waals surface area (Å²) in [7, 11) is 4.29. The van der Waals surface area contributed by atoms with E-state index in [0.717, 1.165) is 5.56 Å². The molecule has 0 bridgehead atoms. The predicted octanol–water partition coefficient (Wildman–Crippen LogP) is 0.827. The third-order valence-corrected chi connectivity index (χ3v) is 2.26. The zero-order valence-electron chi connectivity index (χ0n) is 10.1. The highest BCUT2D eigenvalue weighted by atomic mass is 16.5. The van der Waals surface area contributed by atoms with E-state index >= 15 is 0 Å². The Morgan fingerprint density at radius 1 is 1.29 bits per heavy atom. The van der Waals surface area contributed by atoms with E-state index < -0.39 is 11.9 Å². The molecule has 0 aliphatic rings. The van der Waals surface area contributed by atoms with Gasteiger partial charge in [-0.05, 0) is 17.7 Å². The summed E-state index contributed by atoms with van der Waals surface area (Å²) in [6.45, 7) is 0.325. The van der Waals surface area contributed by atoms with Crippen molar-refractivity contribution in [2.24, 2.45) is 0 Å². The number of hydrogen-bond donors (Lipinski definition) is 0. The maximum absolute atomic E-state index is 11.5. The van der Waals surface area contributed by atoms with Crippen molar-refractivity contribution in [3.63, 3.8) is 0 Å². The fourth-order valence-electron chi connectivity index (χ4n) is 1.36. The second-order valence-corrected chi connectivity index (χ2v) is 3.50. The molecule has 0 radical (unpaired) electrons. The largest absolute Gasteiger partial charge is 0.497 e. The number of benzene rings is 1. The van der Waals surface area contributed by atoms with E-state index in [0.29, 0.717) is 12.3 Å². The Morgan fingerprint density at radius 2 is 2.00 bits per heavy atom. The molecule has 1 amide bonds. The molecule has 17 heavy (non-hydrogen) atoms. The summed E-state index contributed by atoms with van der Waals surface area (Å²) in [5.41, 5.74) is 0.879. The van der Waals surface area contributed by atoms with Crippen LogP contribution < -0.4 is 4.74 Å².